The van der Waals surface area contributed by atoms with Crippen molar-refractivity contribution in [3.8, 4) is 39.6 Å². The van der Waals surface area contributed by atoms with Crippen LogP contribution in [0.1, 0.15) is 5.56 Å². The summed E-state index contributed by atoms with van der Waals surface area (Å²) in [5.74, 6) is 0.655. The van der Waals surface area contributed by atoms with Crippen molar-refractivity contribution in [2.75, 3.05) is 0 Å². The summed E-state index contributed by atoms with van der Waals surface area (Å²) in [7, 11) is 0. The molecule has 33 heavy (non-hydrogen) atoms. The van der Waals surface area contributed by atoms with Gasteiger partial charge in [0, 0.05) is 34.5 Å². The van der Waals surface area contributed by atoms with E-state index >= 15 is 0 Å². The molecule has 0 aliphatic heterocycles. The second-order valence-electron chi connectivity index (χ2n) is 7.85. The van der Waals surface area contributed by atoms with Crippen LogP contribution in [0, 0.1) is 17.0 Å². The summed E-state index contributed by atoms with van der Waals surface area (Å²) in [5, 5.41) is 11.5. The number of hydrogen-bond acceptors (Lipinski definition) is 3. The van der Waals surface area contributed by atoms with Gasteiger partial charge in [-0.25, -0.2) is 4.98 Å². The molecule has 1 heterocycles. The van der Waals surface area contributed by atoms with Crippen molar-refractivity contribution in [2.45, 2.75) is 6.92 Å². The predicted molar refractivity (Wildman–Crippen MR) is 131 cm³/mol. The van der Waals surface area contributed by atoms with Crippen LogP contribution in [0.4, 0.5) is 5.69 Å². The highest BCUT2D eigenvalue weighted by Gasteiger charge is 2.23. The molecule has 0 N–H and O–H groups in total. The van der Waals surface area contributed by atoms with Crippen LogP contribution in [0.3, 0.4) is 0 Å². The third-order valence-electron chi connectivity index (χ3n) is 5.55. The molecule has 0 fully saturated rings. The van der Waals surface area contributed by atoms with Crippen molar-refractivity contribution in [3.63, 3.8) is 0 Å². The number of benzene rings is 4. The second kappa shape index (κ2) is 8.55. The zero-order chi connectivity index (χ0) is 22.8. The molecular formula is C28H21N3O2. The van der Waals surface area contributed by atoms with Gasteiger partial charge in [-0.15, -0.1) is 0 Å². The van der Waals surface area contributed by atoms with Gasteiger partial charge in [-0.3, -0.25) is 14.7 Å². The lowest BCUT2D eigenvalue weighted by Gasteiger charge is -2.14. The van der Waals surface area contributed by atoms with Gasteiger partial charge < -0.3 is 0 Å². The topological polar surface area (TPSA) is 61.0 Å². The molecule has 0 spiro atoms. The lowest BCUT2D eigenvalue weighted by Crippen LogP contribution is -2.01. The number of imidazole rings is 1. The molecule has 0 saturated carbocycles. The minimum Gasteiger partial charge on any atom is -0.292 e. The van der Waals surface area contributed by atoms with Gasteiger partial charge in [-0.2, -0.15) is 0 Å². The Morgan fingerprint density at radius 1 is 0.727 bits per heavy atom. The maximum atomic E-state index is 11.5. The van der Waals surface area contributed by atoms with Gasteiger partial charge >= 0.3 is 0 Å². The van der Waals surface area contributed by atoms with Crippen LogP contribution < -0.4 is 0 Å². The fourth-order valence-corrected chi connectivity index (χ4v) is 4.05. The van der Waals surface area contributed by atoms with Crippen LogP contribution in [-0.4, -0.2) is 14.5 Å². The molecule has 0 aliphatic rings. The highest BCUT2D eigenvalue weighted by molar-refractivity contribution is 5.84. The number of nitro benzene ring substituents is 1. The lowest BCUT2D eigenvalue weighted by atomic mass is 10.0. The molecule has 0 aliphatic carbocycles. The molecule has 0 amide bonds. The van der Waals surface area contributed by atoms with E-state index in [2.05, 4.69) is 22.8 Å². The zero-order valence-corrected chi connectivity index (χ0v) is 18.1. The van der Waals surface area contributed by atoms with E-state index in [1.54, 1.807) is 12.1 Å². The number of nitrogens with zero attached hydrogens (tertiary/aromatic N) is 3. The molecule has 1 aromatic heterocycles. The highest BCUT2D eigenvalue weighted by Crippen LogP contribution is 2.39. The Morgan fingerprint density at radius 3 is 2.03 bits per heavy atom. The summed E-state index contributed by atoms with van der Waals surface area (Å²) in [6, 6.07) is 35.0. The summed E-state index contributed by atoms with van der Waals surface area (Å²) in [4.78, 5) is 16.2. The molecule has 0 bridgehead atoms. The number of nitro groups is 1. The summed E-state index contributed by atoms with van der Waals surface area (Å²) in [6.07, 6.45) is 0. The third-order valence-corrected chi connectivity index (χ3v) is 5.55. The van der Waals surface area contributed by atoms with E-state index in [0.717, 1.165) is 33.8 Å². The van der Waals surface area contributed by atoms with E-state index in [0.29, 0.717) is 11.4 Å². The van der Waals surface area contributed by atoms with E-state index in [1.165, 1.54) is 6.07 Å². The van der Waals surface area contributed by atoms with E-state index in [1.807, 2.05) is 79.7 Å². The van der Waals surface area contributed by atoms with Gasteiger partial charge in [0.05, 0.1) is 16.3 Å². The zero-order valence-electron chi connectivity index (χ0n) is 18.1. The quantitative estimate of drug-likeness (QED) is 0.220. The molecule has 4 aromatic carbocycles. The monoisotopic (exact) mass is 431 g/mol. The van der Waals surface area contributed by atoms with E-state index in [4.69, 9.17) is 4.98 Å². The molecule has 5 nitrogen and oxygen atoms in total. The van der Waals surface area contributed by atoms with Crippen LogP contribution in [0.25, 0.3) is 39.6 Å². The molecule has 160 valence electrons. The number of hydrogen-bond donors (Lipinski definition) is 0. The molecular weight excluding hydrogens is 410 g/mol. The largest absolute Gasteiger partial charge is 0.292 e. The highest BCUT2D eigenvalue weighted by atomic mass is 16.6. The van der Waals surface area contributed by atoms with E-state index in [9.17, 15) is 10.1 Å². The van der Waals surface area contributed by atoms with Gasteiger partial charge in [0.15, 0.2) is 0 Å². The first-order chi connectivity index (χ1) is 16.1. The maximum Gasteiger partial charge on any atom is 0.270 e. The second-order valence-corrected chi connectivity index (χ2v) is 7.85. The number of rotatable bonds is 5. The average Bonchev–Trinajstić information content (AvgIpc) is 3.26. The van der Waals surface area contributed by atoms with E-state index in [-0.39, 0.29) is 10.6 Å². The summed E-state index contributed by atoms with van der Waals surface area (Å²) < 4.78 is 2.10. The van der Waals surface area contributed by atoms with Gasteiger partial charge in [-0.1, -0.05) is 84.9 Å². The molecule has 0 radical (unpaired) electrons. The Labute approximate surface area is 191 Å². The maximum absolute atomic E-state index is 11.5. The standard InChI is InChI=1S/C28H21N3O2/c1-20-10-8-16-24(18-20)30-27(22-13-6-3-7-14-22)26(21-11-4-2-5-12-21)29-28(30)23-15-9-17-25(19-23)31(32)33/h2-19H,1H3. The molecule has 0 atom stereocenters. The molecule has 0 unspecified atom stereocenters. The van der Waals surface area contributed by atoms with Crippen molar-refractivity contribution < 1.29 is 4.92 Å². The minimum atomic E-state index is -0.375. The van der Waals surface area contributed by atoms with Gasteiger partial charge in [0.25, 0.3) is 5.69 Å². The lowest BCUT2D eigenvalue weighted by molar-refractivity contribution is -0.384. The van der Waals surface area contributed by atoms with Crippen molar-refractivity contribution in [2.24, 2.45) is 0 Å². The smallest absolute Gasteiger partial charge is 0.270 e. The molecule has 5 heteroatoms. The number of aromatic nitrogens is 2. The summed E-state index contributed by atoms with van der Waals surface area (Å²) >= 11 is 0. The first-order valence-electron chi connectivity index (χ1n) is 10.7. The minimum absolute atomic E-state index is 0.0359. The van der Waals surface area contributed by atoms with Crippen molar-refractivity contribution in [1.82, 2.24) is 9.55 Å². The Morgan fingerprint density at radius 2 is 1.36 bits per heavy atom. The van der Waals surface area contributed by atoms with Gasteiger partial charge in [-0.05, 0) is 24.6 Å². The molecule has 5 aromatic rings. The van der Waals surface area contributed by atoms with Gasteiger partial charge in [0.1, 0.15) is 5.82 Å². The fraction of sp³-hybridized carbons (Fsp3) is 0.0357. The van der Waals surface area contributed by atoms with Gasteiger partial charge in [0.2, 0.25) is 0 Å². The average molecular weight is 431 g/mol. The first kappa shape index (κ1) is 20.4. The molecule has 0 saturated heterocycles. The Balaban J connectivity index is 1.89. The van der Waals surface area contributed by atoms with Crippen LogP contribution in [-0.2, 0) is 0 Å². The fourth-order valence-electron chi connectivity index (χ4n) is 4.05. The normalized spacial score (nSPS) is 10.8. The van der Waals surface area contributed by atoms with Crippen LogP contribution in [0.15, 0.2) is 109 Å². The van der Waals surface area contributed by atoms with Crippen molar-refractivity contribution in [3.05, 3.63) is 125 Å². The SMILES string of the molecule is Cc1cccc(-n2c(-c3cccc([N+](=O)[O-])c3)nc(-c3ccccc3)c2-c2ccccc2)c1. The van der Waals surface area contributed by atoms with Crippen LogP contribution in [0.5, 0.6) is 0 Å². The number of aryl methyl sites for hydroxylation is 1. The van der Waals surface area contributed by atoms with Crippen LogP contribution >= 0.6 is 0 Å². The van der Waals surface area contributed by atoms with E-state index < -0.39 is 0 Å². The first-order valence-corrected chi connectivity index (χ1v) is 10.7. The van der Waals surface area contributed by atoms with Crippen LogP contribution in [0.2, 0.25) is 0 Å². The summed E-state index contributed by atoms with van der Waals surface area (Å²) in [5.41, 5.74) is 6.55. The Hall–Kier alpha value is -4.51. The van der Waals surface area contributed by atoms with Crippen molar-refractivity contribution >= 4 is 5.69 Å². The number of non-ortho nitro benzene ring substituents is 1. The predicted octanol–water partition coefficient (Wildman–Crippen LogP) is 7.09. The third kappa shape index (κ3) is 3.92. The molecule has 5 rings (SSSR count). The Kier molecular flexibility index (Phi) is 5.29. The Bertz CT molecular complexity index is 1440. The summed E-state index contributed by atoms with van der Waals surface area (Å²) in [6.45, 7) is 2.05. The van der Waals surface area contributed by atoms with Crippen molar-refractivity contribution in [1.29, 1.82) is 0 Å².